The Bertz CT molecular complexity index is 438. The normalized spacial score (nSPS) is 25.4. The number of halogens is 1. The summed E-state index contributed by atoms with van der Waals surface area (Å²) < 4.78 is 24.2. The van der Waals surface area contributed by atoms with Crippen molar-refractivity contribution in [3.8, 4) is 5.75 Å². The molecule has 1 aromatic carbocycles. The number of benzene rings is 1. The molecule has 0 spiro atoms. The van der Waals surface area contributed by atoms with Crippen LogP contribution in [0.3, 0.4) is 0 Å². The van der Waals surface area contributed by atoms with Crippen LogP contribution in [0.15, 0.2) is 24.3 Å². The predicted octanol–water partition coefficient (Wildman–Crippen LogP) is 2.50. The number of ether oxygens (including phenoxy) is 2. The fourth-order valence-electron chi connectivity index (χ4n) is 2.72. The molecule has 0 radical (unpaired) electrons. The van der Waals surface area contributed by atoms with Gasteiger partial charge < -0.3 is 19.9 Å². The van der Waals surface area contributed by atoms with Crippen molar-refractivity contribution in [2.75, 3.05) is 13.2 Å². The Kier molecular flexibility index (Phi) is 6.61. The highest BCUT2D eigenvalue weighted by molar-refractivity contribution is 5.22. The average molecular weight is 311 g/mol. The topological polar surface area (TPSA) is 50.7 Å². The van der Waals surface area contributed by atoms with Crippen molar-refractivity contribution in [3.05, 3.63) is 30.1 Å². The summed E-state index contributed by atoms with van der Waals surface area (Å²) in [5.41, 5.74) is 0. The van der Waals surface area contributed by atoms with Gasteiger partial charge in [0.15, 0.2) is 0 Å². The van der Waals surface area contributed by atoms with Gasteiger partial charge in [0.2, 0.25) is 0 Å². The van der Waals surface area contributed by atoms with E-state index in [0.717, 1.165) is 19.3 Å². The molecule has 0 bridgehead atoms. The van der Waals surface area contributed by atoms with Gasteiger partial charge in [0.25, 0.3) is 0 Å². The summed E-state index contributed by atoms with van der Waals surface area (Å²) in [6, 6.07) is 5.92. The highest BCUT2D eigenvalue weighted by atomic mass is 19.1. The Labute approximate surface area is 131 Å². The van der Waals surface area contributed by atoms with Crippen LogP contribution in [-0.4, -0.2) is 42.6 Å². The lowest BCUT2D eigenvalue weighted by atomic mass is 9.90. The van der Waals surface area contributed by atoms with Gasteiger partial charge in [-0.1, -0.05) is 0 Å². The van der Waals surface area contributed by atoms with Crippen LogP contribution in [0.1, 0.15) is 33.1 Å². The minimum absolute atomic E-state index is 0.00922. The second-order valence-corrected chi connectivity index (χ2v) is 6.01. The Hall–Kier alpha value is -1.17. The van der Waals surface area contributed by atoms with E-state index in [2.05, 4.69) is 5.32 Å². The first-order chi connectivity index (χ1) is 10.6. The largest absolute Gasteiger partial charge is 0.488 e. The summed E-state index contributed by atoms with van der Waals surface area (Å²) in [6.07, 6.45) is 2.10. The summed E-state index contributed by atoms with van der Waals surface area (Å²) in [7, 11) is 0. The van der Waals surface area contributed by atoms with Crippen molar-refractivity contribution in [3.63, 3.8) is 0 Å². The molecule has 1 aromatic rings. The van der Waals surface area contributed by atoms with Crippen molar-refractivity contribution >= 4 is 0 Å². The zero-order valence-corrected chi connectivity index (χ0v) is 13.3. The molecule has 0 heterocycles. The first-order valence-corrected chi connectivity index (χ1v) is 8.01. The third kappa shape index (κ3) is 5.23. The first kappa shape index (κ1) is 17.2. The average Bonchev–Trinajstić information content (AvgIpc) is 2.49. The maximum Gasteiger partial charge on any atom is 0.126 e. The zero-order chi connectivity index (χ0) is 15.9. The third-order valence-electron chi connectivity index (χ3n) is 3.86. The van der Waals surface area contributed by atoms with Crippen LogP contribution in [0, 0.1) is 5.82 Å². The van der Waals surface area contributed by atoms with E-state index < -0.39 is 6.10 Å². The number of aliphatic hydroxyl groups excluding tert-OH is 1. The minimum atomic E-state index is -0.571. The van der Waals surface area contributed by atoms with Crippen LogP contribution in [0.4, 0.5) is 4.39 Å². The summed E-state index contributed by atoms with van der Waals surface area (Å²) in [6.45, 7) is 5.34. The highest BCUT2D eigenvalue weighted by Gasteiger charge is 2.32. The molecule has 0 unspecified atom stereocenters. The van der Waals surface area contributed by atoms with Crippen molar-refractivity contribution in [1.29, 1.82) is 0 Å². The molecule has 124 valence electrons. The van der Waals surface area contributed by atoms with Gasteiger partial charge in [-0.3, -0.25) is 0 Å². The van der Waals surface area contributed by atoms with Crippen molar-refractivity contribution in [2.24, 2.45) is 0 Å². The van der Waals surface area contributed by atoms with Gasteiger partial charge >= 0.3 is 0 Å². The van der Waals surface area contributed by atoms with Gasteiger partial charge in [-0.25, -0.2) is 4.39 Å². The number of nitrogens with one attached hydrogen (secondary N) is 1. The standard InChI is InChI=1S/C17H26FNO3/c1-12(2)21-11-10-19-15-4-3-5-16(17(15)20)22-14-8-6-13(18)7-9-14/h6-9,12,15-17,19-20H,3-5,10-11H2,1-2H3/t15-,16+,17+/m0/s1. The van der Waals surface area contributed by atoms with Gasteiger partial charge in [-0.2, -0.15) is 0 Å². The van der Waals surface area contributed by atoms with Gasteiger partial charge in [0.05, 0.1) is 12.7 Å². The number of hydrogen-bond acceptors (Lipinski definition) is 4. The lowest BCUT2D eigenvalue weighted by Crippen LogP contribution is -2.51. The van der Waals surface area contributed by atoms with E-state index in [4.69, 9.17) is 9.47 Å². The second-order valence-electron chi connectivity index (χ2n) is 6.01. The Morgan fingerprint density at radius 2 is 2.00 bits per heavy atom. The lowest BCUT2D eigenvalue weighted by molar-refractivity contribution is -0.0179. The maximum absolute atomic E-state index is 12.9. The number of hydrogen-bond donors (Lipinski definition) is 2. The van der Waals surface area contributed by atoms with Crippen LogP contribution < -0.4 is 10.1 Å². The van der Waals surface area contributed by atoms with E-state index in [1.165, 1.54) is 12.1 Å². The summed E-state index contributed by atoms with van der Waals surface area (Å²) >= 11 is 0. The molecule has 2 rings (SSSR count). The highest BCUT2D eigenvalue weighted by Crippen LogP contribution is 2.24. The van der Waals surface area contributed by atoms with Crippen molar-refractivity contribution in [1.82, 2.24) is 5.32 Å². The second kappa shape index (κ2) is 8.46. The van der Waals surface area contributed by atoms with E-state index in [9.17, 15) is 9.50 Å². The Morgan fingerprint density at radius 1 is 1.27 bits per heavy atom. The van der Waals surface area contributed by atoms with Gasteiger partial charge in [0.1, 0.15) is 23.8 Å². The van der Waals surface area contributed by atoms with Crippen molar-refractivity contribution < 1.29 is 19.0 Å². The molecule has 1 aliphatic rings. The quantitative estimate of drug-likeness (QED) is 0.760. The molecule has 4 nitrogen and oxygen atoms in total. The lowest BCUT2D eigenvalue weighted by Gasteiger charge is -2.35. The van der Waals surface area contributed by atoms with Crippen LogP contribution in [0.5, 0.6) is 5.75 Å². The van der Waals surface area contributed by atoms with Gasteiger partial charge in [-0.05, 0) is 57.4 Å². The fourth-order valence-corrected chi connectivity index (χ4v) is 2.72. The molecular formula is C17H26FNO3. The van der Waals surface area contributed by atoms with E-state index in [1.807, 2.05) is 13.8 Å². The molecule has 1 aliphatic carbocycles. The molecule has 0 amide bonds. The minimum Gasteiger partial charge on any atom is -0.488 e. The van der Waals surface area contributed by atoms with Crippen LogP contribution in [-0.2, 0) is 4.74 Å². The molecule has 0 aromatic heterocycles. The molecule has 2 N–H and O–H groups in total. The van der Waals surface area contributed by atoms with Crippen LogP contribution in [0.2, 0.25) is 0 Å². The number of aliphatic hydroxyl groups is 1. The van der Waals surface area contributed by atoms with Crippen LogP contribution >= 0.6 is 0 Å². The van der Waals surface area contributed by atoms with E-state index in [1.54, 1.807) is 12.1 Å². The molecule has 5 heteroatoms. The third-order valence-corrected chi connectivity index (χ3v) is 3.86. The smallest absolute Gasteiger partial charge is 0.126 e. The van der Waals surface area contributed by atoms with E-state index in [-0.39, 0.29) is 24.1 Å². The van der Waals surface area contributed by atoms with Crippen LogP contribution in [0.25, 0.3) is 0 Å². The van der Waals surface area contributed by atoms with E-state index >= 15 is 0 Å². The molecule has 0 aliphatic heterocycles. The first-order valence-electron chi connectivity index (χ1n) is 8.01. The maximum atomic E-state index is 12.9. The summed E-state index contributed by atoms with van der Waals surface area (Å²) in [5.74, 6) is 0.301. The molecule has 0 saturated heterocycles. The molecule has 3 atom stereocenters. The molecule has 1 fully saturated rings. The monoisotopic (exact) mass is 311 g/mol. The molecular weight excluding hydrogens is 285 g/mol. The Morgan fingerprint density at radius 3 is 2.68 bits per heavy atom. The molecule has 1 saturated carbocycles. The summed E-state index contributed by atoms with van der Waals surface area (Å²) in [5, 5.41) is 13.8. The predicted molar refractivity (Wildman–Crippen MR) is 83.6 cm³/mol. The SMILES string of the molecule is CC(C)OCCN[C@H]1CCC[C@@H](Oc2ccc(F)cc2)[C@@H]1O. The number of rotatable bonds is 7. The fraction of sp³-hybridized carbons (Fsp3) is 0.647. The van der Waals surface area contributed by atoms with Gasteiger partial charge in [-0.15, -0.1) is 0 Å². The molecule has 22 heavy (non-hydrogen) atoms. The van der Waals surface area contributed by atoms with E-state index in [0.29, 0.717) is 18.9 Å². The summed E-state index contributed by atoms with van der Waals surface area (Å²) in [4.78, 5) is 0. The van der Waals surface area contributed by atoms with Gasteiger partial charge in [0, 0.05) is 12.6 Å². The Balaban J connectivity index is 1.81. The van der Waals surface area contributed by atoms with Crippen molar-refractivity contribution in [2.45, 2.75) is 57.5 Å². The zero-order valence-electron chi connectivity index (χ0n) is 13.3.